The van der Waals surface area contributed by atoms with Crippen LogP contribution < -0.4 is 5.32 Å². The van der Waals surface area contributed by atoms with Gasteiger partial charge in [0.15, 0.2) is 0 Å². The monoisotopic (exact) mass is 311 g/mol. The molecule has 1 unspecified atom stereocenters. The maximum Gasteiger partial charge on any atom is 0.326 e. The molecule has 22 heavy (non-hydrogen) atoms. The second-order valence-electron chi connectivity index (χ2n) is 7.60. The van der Waals surface area contributed by atoms with Gasteiger partial charge in [0.2, 0.25) is 5.91 Å². The van der Waals surface area contributed by atoms with Crippen LogP contribution in [0, 0.1) is 17.3 Å². The Morgan fingerprint density at radius 1 is 1.27 bits per heavy atom. The summed E-state index contributed by atoms with van der Waals surface area (Å²) in [6.07, 6.45) is 8.19. The fourth-order valence-electron chi connectivity index (χ4n) is 3.32. The lowest BCUT2D eigenvalue weighted by Crippen LogP contribution is -2.48. The smallest absolute Gasteiger partial charge is 0.326 e. The molecule has 1 atom stereocenters. The fourth-order valence-corrected chi connectivity index (χ4v) is 3.32. The molecule has 1 saturated carbocycles. The van der Waals surface area contributed by atoms with Gasteiger partial charge in [-0.2, -0.15) is 0 Å². The number of rotatable bonds is 8. The van der Waals surface area contributed by atoms with E-state index in [2.05, 4.69) is 19.2 Å². The third kappa shape index (κ3) is 5.62. The second-order valence-corrected chi connectivity index (χ2v) is 7.60. The molecule has 128 valence electrons. The Hall–Kier alpha value is -1.06. The van der Waals surface area contributed by atoms with Gasteiger partial charge in [-0.3, -0.25) is 4.79 Å². The summed E-state index contributed by atoms with van der Waals surface area (Å²) in [4.78, 5) is 23.5. The molecule has 0 heterocycles. The summed E-state index contributed by atoms with van der Waals surface area (Å²) in [7, 11) is 0. The van der Waals surface area contributed by atoms with Crippen LogP contribution in [0.25, 0.3) is 0 Å². The largest absolute Gasteiger partial charge is 0.480 e. The van der Waals surface area contributed by atoms with Gasteiger partial charge in [-0.05, 0) is 43.9 Å². The van der Waals surface area contributed by atoms with Gasteiger partial charge in [0.25, 0.3) is 0 Å². The number of carbonyl (C=O) groups excluding carboxylic acids is 1. The van der Waals surface area contributed by atoms with Crippen LogP contribution in [-0.2, 0) is 9.59 Å². The van der Waals surface area contributed by atoms with Crippen LogP contribution in [0.15, 0.2) is 0 Å². The average Bonchev–Trinajstić information content (AvgIpc) is 2.46. The predicted octanol–water partition coefficient (Wildman–Crippen LogP) is 3.99. The Morgan fingerprint density at radius 3 is 2.32 bits per heavy atom. The van der Waals surface area contributed by atoms with Crippen LogP contribution >= 0.6 is 0 Å². The van der Waals surface area contributed by atoms with Gasteiger partial charge >= 0.3 is 5.97 Å². The highest BCUT2D eigenvalue weighted by Crippen LogP contribution is 2.40. The third-order valence-corrected chi connectivity index (χ3v) is 5.16. The molecule has 4 heteroatoms. The van der Waals surface area contributed by atoms with Crippen LogP contribution in [0.2, 0.25) is 0 Å². The molecule has 0 radical (unpaired) electrons. The van der Waals surface area contributed by atoms with E-state index in [4.69, 9.17) is 5.11 Å². The molecule has 1 aliphatic rings. The molecule has 1 rings (SSSR count). The fraction of sp³-hybridized carbons (Fsp3) is 0.889. The summed E-state index contributed by atoms with van der Waals surface area (Å²) >= 11 is 0. The van der Waals surface area contributed by atoms with E-state index < -0.39 is 17.4 Å². The number of amides is 1. The molecule has 0 aromatic heterocycles. The standard InChI is InChI=1S/C18H33NO3/c1-5-15(16(20)21)19-17(22)18(4)11-9-14(10-12-18)8-6-7-13(2)3/h13-15H,5-12H2,1-4H3,(H,19,22)(H,20,21)/t14-,15?,18+. The average molecular weight is 311 g/mol. The maximum atomic E-state index is 12.4. The zero-order valence-corrected chi connectivity index (χ0v) is 14.7. The molecular formula is C18H33NO3. The van der Waals surface area contributed by atoms with Crippen molar-refractivity contribution >= 4 is 11.9 Å². The van der Waals surface area contributed by atoms with Gasteiger partial charge in [0.1, 0.15) is 6.04 Å². The van der Waals surface area contributed by atoms with E-state index in [1.54, 1.807) is 6.92 Å². The van der Waals surface area contributed by atoms with Gasteiger partial charge in [0.05, 0.1) is 0 Å². The van der Waals surface area contributed by atoms with E-state index in [1.807, 2.05) is 6.92 Å². The Bertz CT molecular complexity index is 371. The molecule has 1 amide bonds. The lowest BCUT2D eigenvalue weighted by Gasteiger charge is -2.36. The number of carbonyl (C=O) groups is 2. The Morgan fingerprint density at radius 2 is 1.86 bits per heavy atom. The number of carboxylic acid groups (broad SMARTS) is 1. The molecule has 0 aromatic carbocycles. The highest BCUT2D eigenvalue weighted by Gasteiger charge is 2.38. The van der Waals surface area contributed by atoms with Crippen LogP contribution in [-0.4, -0.2) is 23.0 Å². The van der Waals surface area contributed by atoms with Crippen molar-refractivity contribution in [3.63, 3.8) is 0 Å². The highest BCUT2D eigenvalue weighted by atomic mass is 16.4. The van der Waals surface area contributed by atoms with Crippen molar-refractivity contribution in [1.29, 1.82) is 0 Å². The Labute approximate surface area is 135 Å². The van der Waals surface area contributed by atoms with Crippen molar-refractivity contribution in [2.75, 3.05) is 0 Å². The van der Waals surface area contributed by atoms with Gasteiger partial charge in [-0.15, -0.1) is 0 Å². The summed E-state index contributed by atoms with van der Waals surface area (Å²) in [6.45, 7) is 8.29. The van der Waals surface area contributed by atoms with E-state index in [0.717, 1.165) is 37.5 Å². The van der Waals surface area contributed by atoms with E-state index >= 15 is 0 Å². The normalized spacial score (nSPS) is 26.7. The lowest BCUT2D eigenvalue weighted by atomic mass is 9.70. The molecule has 4 nitrogen and oxygen atoms in total. The molecule has 1 fully saturated rings. The summed E-state index contributed by atoms with van der Waals surface area (Å²) < 4.78 is 0. The van der Waals surface area contributed by atoms with E-state index in [1.165, 1.54) is 19.3 Å². The number of aliphatic carboxylic acids is 1. The van der Waals surface area contributed by atoms with Gasteiger partial charge in [0, 0.05) is 5.41 Å². The first kappa shape index (κ1) is 19.0. The molecule has 1 aliphatic carbocycles. The van der Waals surface area contributed by atoms with Crippen molar-refractivity contribution < 1.29 is 14.7 Å². The minimum absolute atomic E-state index is 0.0811. The predicted molar refractivity (Wildman–Crippen MR) is 88.6 cm³/mol. The first-order valence-corrected chi connectivity index (χ1v) is 8.82. The third-order valence-electron chi connectivity index (χ3n) is 5.16. The topological polar surface area (TPSA) is 66.4 Å². The minimum atomic E-state index is -0.943. The summed E-state index contributed by atoms with van der Waals surface area (Å²) in [5, 5.41) is 11.8. The summed E-state index contributed by atoms with van der Waals surface area (Å²) in [5.74, 6) is 0.479. The molecule has 0 spiro atoms. The quantitative estimate of drug-likeness (QED) is 0.712. The lowest BCUT2D eigenvalue weighted by molar-refractivity contribution is -0.144. The van der Waals surface area contributed by atoms with E-state index in [0.29, 0.717) is 6.42 Å². The summed E-state index contributed by atoms with van der Waals surface area (Å²) in [6, 6.07) is -0.756. The zero-order valence-electron chi connectivity index (χ0n) is 14.7. The Kier molecular flexibility index (Phi) is 7.37. The van der Waals surface area contributed by atoms with Crippen LogP contribution in [0.4, 0.5) is 0 Å². The number of hydrogen-bond donors (Lipinski definition) is 2. The highest BCUT2D eigenvalue weighted by molar-refractivity contribution is 5.87. The van der Waals surface area contributed by atoms with Gasteiger partial charge < -0.3 is 10.4 Å². The number of carboxylic acids is 1. The first-order chi connectivity index (χ1) is 10.3. The molecule has 0 saturated heterocycles. The van der Waals surface area contributed by atoms with Crippen LogP contribution in [0.1, 0.15) is 79.1 Å². The van der Waals surface area contributed by atoms with Gasteiger partial charge in [-0.1, -0.05) is 47.0 Å². The Balaban J connectivity index is 2.43. The molecule has 0 bridgehead atoms. The molecule has 0 aromatic rings. The maximum absolute atomic E-state index is 12.4. The number of hydrogen-bond acceptors (Lipinski definition) is 2. The molecule has 2 N–H and O–H groups in total. The number of nitrogens with one attached hydrogen (secondary N) is 1. The first-order valence-electron chi connectivity index (χ1n) is 8.82. The van der Waals surface area contributed by atoms with Crippen molar-refractivity contribution in [2.24, 2.45) is 17.3 Å². The molecule has 0 aliphatic heterocycles. The molecular weight excluding hydrogens is 278 g/mol. The van der Waals surface area contributed by atoms with Gasteiger partial charge in [-0.25, -0.2) is 4.79 Å². The SMILES string of the molecule is CCC(NC(=O)[C@]1(C)CC[C@H](CCCC(C)C)CC1)C(=O)O. The minimum Gasteiger partial charge on any atom is -0.480 e. The van der Waals surface area contributed by atoms with E-state index in [9.17, 15) is 9.59 Å². The van der Waals surface area contributed by atoms with Crippen LogP contribution in [0.5, 0.6) is 0 Å². The second kappa shape index (κ2) is 8.54. The zero-order chi connectivity index (χ0) is 16.8. The van der Waals surface area contributed by atoms with Crippen molar-refractivity contribution in [1.82, 2.24) is 5.32 Å². The van der Waals surface area contributed by atoms with Crippen molar-refractivity contribution in [2.45, 2.75) is 85.1 Å². The van der Waals surface area contributed by atoms with Crippen molar-refractivity contribution in [3.05, 3.63) is 0 Å². The van der Waals surface area contributed by atoms with Crippen molar-refractivity contribution in [3.8, 4) is 0 Å². The van der Waals surface area contributed by atoms with Crippen LogP contribution in [0.3, 0.4) is 0 Å². The summed E-state index contributed by atoms with van der Waals surface area (Å²) in [5.41, 5.74) is -0.391. The van der Waals surface area contributed by atoms with E-state index in [-0.39, 0.29) is 5.91 Å².